The lowest BCUT2D eigenvalue weighted by atomic mass is 9.94. The van der Waals surface area contributed by atoms with Crippen LogP contribution in [0.1, 0.15) is 40.0 Å². The van der Waals surface area contributed by atoms with Crippen molar-refractivity contribution in [1.29, 1.82) is 0 Å². The van der Waals surface area contributed by atoms with Crippen molar-refractivity contribution in [3.05, 3.63) is 74.6 Å². The molecule has 0 spiro atoms. The molecule has 2 aromatic heterocycles. The molecule has 0 aliphatic rings. The Hall–Kier alpha value is -2.80. The van der Waals surface area contributed by atoms with E-state index in [2.05, 4.69) is 0 Å². The van der Waals surface area contributed by atoms with E-state index >= 15 is 0 Å². The van der Waals surface area contributed by atoms with Crippen LogP contribution in [0, 0.1) is 19.1 Å². The van der Waals surface area contributed by atoms with E-state index in [1.165, 1.54) is 0 Å². The number of methoxy groups -OCH3 is 1. The van der Waals surface area contributed by atoms with Gasteiger partial charge in [0.1, 0.15) is 23.7 Å². The molecule has 0 fully saturated rings. The molecule has 0 saturated carbocycles. The van der Waals surface area contributed by atoms with Gasteiger partial charge >= 0.3 is 5.97 Å². The number of nitrogens with zero attached hydrogens (tertiary/aromatic N) is 2. The number of benzene rings is 1. The summed E-state index contributed by atoms with van der Waals surface area (Å²) in [6.45, 7) is 4.20. The van der Waals surface area contributed by atoms with E-state index in [9.17, 15) is 15.1 Å². The molecule has 0 aliphatic carbocycles. The molecular weight excluding hydrogens is 364 g/mol. The van der Waals surface area contributed by atoms with Crippen molar-refractivity contribution >= 4 is 17.3 Å². The molecule has 27 heavy (non-hydrogen) atoms. The number of hydrogen-bond acceptors (Lipinski definition) is 4. The minimum atomic E-state index is -0.949. The lowest BCUT2D eigenvalue weighted by Crippen LogP contribution is -2.36. The van der Waals surface area contributed by atoms with Crippen LogP contribution in [0.4, 0.5) is 0 Å². The third-order valence-corrected chi connectivity index (χ3v) is 5.68. The van der Waals surface area contributed by atoms with E-state index in [1.54, 1.807) is 37.5 Å². The fourth-order valence-electron chi connectivity index (χ4n) is 3.25. The topological polar surface area (TPSA) is 78.4 Å². The molecule has 0 amide bonds. The Morgan fingerprint density at radius 1 is 1.30 bits per heavy atom. The van der Waals surface area contributed by atoms with Crippen molar-refractivity contribution in [1.82, 2.24) is 4.57 Å². The van der Waals surface area contributed by atoms with Crippen LogP contribution in [0.25, 0.3) is 0 Å². The molecule has 3 rings (SSSR count). The highest BCUT2D eigenvalue weighted by Crippen LogP contribution is 2.30. The molecule has 1 atom stereocenters. The first-order chi connectivity index (χ1) is 12.9. The van der Waals surface area contributed by atoms with E-state index in [4.69, 9.17) is 4.74 Å². The molecule has 3 aromatic rings. The maximum absolute atomic E-state index is 12.9. The Labute approximate surface area is 161 Å². The zero-order valence-electron chi connectivity index (χ0n) is 15.5. The van der Waals surface area contributed by atoms with Crippen LogP contribution in [-0.2, 0) is 11.3 Å². The Balaban J connectivity index is 2.12. The number of ether oxygens (including phenoxy) is 1. The monoisotopic (exact) mass is 386 g/mol. The fourth-order valence-corrected chi connectivity index (χ4v) is 3.94. The van der Waals surface area contributed by atoms with Crippen LogP contribution in [0.15, 0.2) is 41.8 Å². The Morgan fingerprint density at radius 3 is 2.56 bits per heavy atom. The van der Waals surface area contributed by atoms with Crippen molar-refractivity contribution in [2.45, 2.75) is 32.7 Å². The molecule has 1 aromatic carbocycles. The second-order valence-electron chi connectivity index (χ2n) is 6.41. The number of thiophene rings is 1. The number of carbonyl (C=O) groups is 1. The number of hydrogen-bond donors (Lipinski definition) is 1. The molecule has 0 aliphatic heterocycles. The molecule has 0 saturated heterocycles. The number of aliphatic carboxylic acids is 1. The predicted molar refractivity (Wildman–Crippen MR) is 103 cm³/mol. The maximum atomic E-state index is 12.9. The van der Waals surface area contributed by atoms with Gasteiger partial charge in [-0.15, -0.1) is 11.3 Å². The van der Waals surface area contributed by atoms with E-state index in [-0.39, 0.29) is 6.42 Å². The summed E-state index contributed by atoms with van der Waals surface area (Å²) >= 11 is 1.61. The molecule has 1 unspecified atom stereocenters. The van der Waals surface area contributed by atoms with Gasteiger partial charge in [0.15, 0.2) is 0 Å². The highest BCUT2D eigenvalue weighted by atomic mass is 32.1. The molecule has 7 heteroatoms. The molecule has 142 valence electrons. The first kappa shape index (κ1) is 19.0. The van der Waals surface area contributed by atoms with Crippen LogP contribution in [-0.4, -0.2) is 22.8 Å². The van der Waals surface area contributed by atoms with Crippen molar-refractivity contribution in [2.75, 3.05) is 7.11 Å². The van der Waals surface area contributed by atoms with Gasteiger partial charge in [-0.1, -0.05) is 18.2 Å². The summed E-state index contributed by atoms with van der Waals surface area (Å²) in [7, 11) is 1.58. The highest BCUT2D eigenvalue weighted by Gasteiger charge is 2.32. The first-order valence-corrected chi connectivity index (χ1v) is 9.47. The summed E-state index contributed by atoms with van der Waals surface area (Å²) < 4.78 is 8.00. The molecule has 6 nitrogen and oxygen atoms in total. The molecule has 0 bridgehead atoms. The van der Waals surface area contributed by atoms with Crippen molar-refractivity contribution in [3.8, 4) is 5.75 Å². The zero-order valence-corrected chi connectivity index (χ0v) is 16.3. The van der Waals surface area contributed by atoms with Gasteiger partial charge in [0.2, 0.25) is 0 Å². The summed E-state index contributed by atoms with van der Waals surface area (Å²) in [6, 6.07) is 11.2. The van der Waals surface area contributed by atoms with Crippen LogP contribution in [0.3, 0.4) is 0 Å². The summed E-state index contributed by atoms with van der Waals surface area (Å²) in [6.07, 6.45) is -0.165. The van der Waals surface area contributed by atoms with Gasteiger partial charge < -0.3 is 15.1 Å². The van der Waals surface area contributed by atoms with Crippen LogP contribution >= 0.6 is 11.3 Å². The highest BCUT2D eigenvalue weighted by molar-refractivity contribution is 7.09. The SMILES string of the molecule is COc1ccc(C(CC(=O)O)c2n(Cc3cccs3)c(C)c(C)[n+]2[O-])cc1. The summed E-state index contributed by atoms with van der Waals surface area (Å²) in [5.74, 6) is -0.372. The first-order valence-electron chi connectivity index (χ1n) is 8.59. The molecule has 0 radical (unpaired) electrons. The fraction of sp³-hybridized carbons (Fsp3) is 0.300. The smallest absolute Gasteiger partial charge is 0.304 e. The van der Waals surface area contributed by atoms with Gasteiger partial charge in [0.25, 0.3) is 5.82 Å². The van der Waals surface area contributed by atoms with Crippen molar-refractivity contribution in [3.63, 3.8) is 0 Å². The minimum absolute atomic E-state index is 0.165. The largest absolute Gasteiger partial charge is 0.711 e. The summed E-state index contributed by atoms with van der Waals surface area (Å²) in [5, 5.41) is 24.4. The normalized spacial score (nSPS) is 12.1. The Bertz CT molecular complexity index is 930. The molecule has 1 N–H and O–H groups in total. The van der Waals surface area contributed by atoms with E-state index in [0.29, 0.717) is 23.8 Å². The van der Waals surface area contributed by atoms with Gasteiger partial charge in [-0.25, -0.2) is 9.30 Å². The average molecular weight is 386 g/mol. The van der Waals surface area contributed by atoms with Gasteiger partial charge in [-0.3, -0.25) is 4.79 Å². The maximum Gasteiger partial charge on any atom is 0.304 e. The van der Waals surface area contributed by atoms with Gasteiger partial charge in [-0.05, 0) is 29.1 Å². The summed E-state index contributed by atoms with van der Waals surface area (Å²) in [5.41, 5.74) is 2.20. The van der Waals surface area contributed by atoms with Crippen molar-refractivity contribution < 1.29 is 19.4 Å². The van der Waals surface area contributed by atoms with Crippen LogP contribution in [0.2, 0.25) is 0 Å². The van der Waals surface area contributed by atoms with Crippen LogP contribution in [0.5, 0.6) is 5.75 Å². The predicted octanol–water partition coefficient (Wildman–Crippen LogP) is 3.46. The van der Waals surface area contributed by atoms with Crippen molar-refractivity contribution in [2.24, 2.45) is 0 Å². The van der Waals surface area contributed by atoms with E-state index in [1.807, 2.05) is 41.1 Å². The third-order valence-electron chi connectivity index (χ3n) is 4.82. The van der Waals surface area contributed by atoms with E-state index < -0.39 is 11.9 Å². The van der Waals surface area contributed by atoms with Gasteiger partial charge in [-0.2, -0.15) is 0 Å². The number of carboxylic acids is 1. The van der Waals surface area contributed by atoms with E-state index in [0.717, 1.165) is 20.9 Å². The average Bonchev–Trinajstić information content (AvgIpc) is 3.24. The standard InChI is InChI=1S/C20H22N2O4S/c1-13-14(2)22(25)20(21(13)12-17-5-4-10-27-17)18(11-19(23)24)15-6-8-16(26-3)9-7-15/h4-10,18H,11-12H2,1-3H3,(H,23,24). The Kier molecular flexibility index (Phi) is 5.51. The number of aromatic nitrogens is 2. The molecular formula is C20H22N2O4S. The second-order valence-corrected chi connectivity index (χ2v) is 7.44. The number of carboxylic acid groups (broad SMARTS) is 1. The van der Waals surface area contributed by atoms with Gasteiger partial charge in [0, 0.05) is 18.7 Å². The lowest BCUT2D eigenvalue weighted by Gasteiger charge is -2.17. The zero-order chi connectivity index (χ0) is 19.6. The van der Waals surface area contributed by atoms with Gasteiger partial charge in [0.05, 0.1) is 19.4 Å². The summed E-state index contributed by atoms with van der Waals surface area (Å²) in [4.78, 5) is 12.7. The Morgan fingerprint density at radius 2 is 2.00 bits per heavy atom. The second kappa shape index (κ2) is 7.84. The number of imidazole rings is 1. The van der Waals surface area contributed by atoms with Crippen LogP contribution < -0.4 is 9.47 Å². The lowest BCUT2D eigenvalue weighted by molar-refractivity contribution is -0.621. The quantitative estimate of drug-likeness (QED) is 0.498. The minimum Gasteiger partial charge on any atom is -0.711 e. The number of rotatable bonds is 7. The molecule has 2 heterocycles. The third kappa shape index (κ3) is 3.83.